The second-order valence-corrected chi connectivity index (χ2v) is 8.29. The summed E-state index contributed by atoms with van der Waals surface area (Å²) in [6.07, 6.45) is 6.10. The van der Waals surface area contributed by atoms with Crippen molar-refractivity contribution in [2.24, 2.45) is 4.99 Å². The van der Waals surface area contributed by atoms with Crippen LogP contribution in [0.3, 0.4) is 0 Å². The quantitative estimate of drug-likeness (QED) is 0.338. The van der Waals surface area contributed by atoms with E-state index < -0.39 is 0 Å². The number of guanidine groups is 1. The number of piperidine rings is 1. The normalized spacial score (nSPS) is 16.7. The molecule has 0 radical (unpaired) electrons. The second kappa shape index (κ2) is 12.0. The SMILES string of the molecule is CN=C(NCc1ccccc1CN1CCCC1=O)N1CCC(=Cc2ccccc2)CC1.I. The van der Waals surface area contributed by atoms with Crippen molar-refractivity contribution in [3.63, 3.8) is 0 Å². The molecule has 0 aliphatic carbocycles. The van der Waals surface area contributed by atoms with Gasteiger partial charge >= 0.3 is 0 Å². The maximum atomic E-state index is 12.0. The lowest BCUT2D eigenvalue weighted by atomic mass is 10.0. The zero-order valence-electron chi connectivity index (χ0n) is 18.8. The van der Waals surface area contributed by atoms with Gasteiger partial charge in [-0.05, 0) is 36.0 Å². The first-order valence-electron chi connectivity index (χ1n) is 11.3. The van der Waals surface area contributed by atoms with E-state index in [9.17, 15) is 4.79 Å². The highest BCUT2D eigenvalue weighted by molar-refractivity contribution is 14.0. The van der Waals surface area contributed by atoms with Gasteiger partial charge in [0.2, 0.25) is 5.91 Å². The van der Waals surface area contributed by atoms with Crippen molar-refractivity contribution < 1.29 is 4.79 Å². The third-order valence-corrected chi connectivity index (χ3v) is 6.18. The number of amides is 1. The lowest BCUT2D eigenvalue weighted by molar-refractivity contribution is -0.128. The van der Waals surface area contributed by atoms with E-state index in [0.717, 1.165) is 44.9 Å². The molecule has 2 saturated heterocycles. The Balaban J connectivity index is 0.00000289. The van der Waals surface area contributed by atoms with Gasteiger partial charge in [-0.3, -0.25) is 9.79 Å². The number of carbonyl (C=O) groups is 1. The lowest BCUT2D eigenvalue weighted by Gasteiger charge is -2.31. The van der Waals surface area contributed by atoms with Crippen LogP contribution < -0.4 is 5.32 Å². The Morgan fingerprint density at radius 2 is 1.66 bits per heavy atom. The van der Waals surface area contributed by atoms with E-state index in [0.29, 0.717) is 19.5 Å². The van der Waals surface area contributed by atoms with Gasteiger partial charge in [-0.1, -0.05) is 66.2 Å². The van der Waals surface area contributed by atoms with Gasteiger partial charge in [-0.2, -0.15) is 0 Å². The Kier molecular flexibility index (Phi) is 9.14. The van der Waals surface area contributed by atoms with Crippen LogP contribution in [-0.2, 0) is 17.9 Å². The topological polar surface area (TPSA) is 47.9 Å². The largest absolute Gasteiger partial charge is 0.352 e. The van der Waals surface area contributed by atoms with E-state index >= 15 is 0 Å². The van der Waals surface area contributed by atoms with E-state index in [2.05, 4.69) is 75.9 Å². The number of carbonyl (C=O) groups excluding carboxylic acids is 1. The van der Waals surface area contributed by atoms with Gasteiger partial charge in [0.15, 0.2) is 5.96 Å². The summed E-state index contributed by atoms with van der Waals surface area (Å²) in [5, 5.41) is 3.55. The Bertz CT molecular complexity index is 947. The van der Waals surface area contributed by atoms with Crippen LogP contribution in [0.2, 0.25) is 0 Å². The second-order valence-electron chi connectivity index (χ2n) is 8.29. The summed E-state index contributed by atoms with van der Waals surface area (Å²) in [4.78, 5) is 20.9. The van der Waals surface area contributed by atoms with Crippen molar-refractivity contribution in [3.8, 4) is 0 Å². The van der Waals surface area contributed by atoms with Gasteiger partial charge in [0.25, 0.3) is 0 Å². The molecule has 1 amide bonds. The molecule has 32 heavy (non-hydrogen) atoms. The predicted octanol–water partition coefficient (Wildman–Crippen LogP) is 4.68. The summed E-state index contributed by atoms with van der Waals surface area (Å²) < 4.78 is 0. The maximum Gasteiger partial charge on any atom is 0.222 e. The summed E-state index contributed by atoms with van der Waals surface area (Å²) in [5.41, 5.74) is 5.22. The number of nitrogens with zero attached hydrogens (tertiary/aromatic N) is 3. The molecule has 1 N–H and O–H groups in total. The number of hydrogen-bond donors (Lipinski definition) is 1. The lowest BCUT2D eigenvalue weighted by Crippen LogP contribution is -2.44. The van der Waals surface area contributed by atoms with Crippen molar-refractivity contribution >= 4 is 41.9 Å². The highest BCUT2D eigenvalue weighted by Crippen LogP contribution is 2.20. The fourth-order valence-electron chi connectivity index (χ4n) is 4.40. The van der Waals surface area contributed by atoms with E-state index in [1.54, 1.807) is 0 Å². The van der Waals surface area contributed by atoms with E-state index in [1.807, 2.05) is 11.9 Å². The number of benzene rings is 2. The number of rotatable bonds is 5. The smallest absolute Gasteiger partial charge is 0.222 e. The van der Waals surface area contributed by atoms with Crippen LogP contribution in [0.1, 0.15) is 42.4 Å². The van der Waals surface area contributed by atoms with Crippen molar-refractivity contribution in [1.29, 1.82) is 0 Å². The average molecular weight is 544 g/mol. The molecule has 2 aliphatic rings. The molecule has 2 aromatic rings. The van der Waals surface area contributed by atoms with Crippen LogP contribution in [0.15, 0.2) is 65.2 Å². The molecule has 2 heterocycles. The minimum absolute atomic E-state index is 0. The molecule has 0 saturated carbocycles. The van der Waals surface area contributed by atoms with Crippen molar-refractivity contribution in [1.82, 2.24) is 15.1 Å². The van der Waals surface area contributed by atoms with Gasteiger partial charge in [0, 0.05) is 46.2 Å². The van der Waals surface area contributed by atoms with Crippen LogP contribution in [-0.4, -0.2) is 48.3 Å². The van der Waals surface area contributed by atoms with Crippen LogP contribution >= 0.6 is 24.0 Å². The van der Waals surface area contributed by atoms with Crippen LogP contribution in [0.5, 0.6) is 0 Å². The fourth-order valence-corrected chi connectivity index (χ4v) is 4.40. The first-order chi connectivity index (χ1) is 15.2. The van der Waals surface area contributed by atoms with E-state index in [-0.39, 0.29) is 29.9 Å². The molecule has 0 atom stereocenters. The zero-order chi connectivity index (χ0) is 21.5. The standard InChI is InChI=1S/C26H32N4O.HI/c1-27-26(29-16-13-22(14-17-29)18-21-8-3-2-4-9-21)28-19-23-10-5-6-11-24(23)20-30-15-7-12-25(30)31;/h2-6,8-11,18H,7,12-17,19-20H2,1H3,(H,27,28);1H. The minimum Gasteiger partial charge on any atom is -0.352 e. The Hall–Kier alpha value is -2.35. The number of hydrogen-bond acceptors (Lipinski definition) is 2. The zero-order valence-corrected chi connectivity index (χ0v) is 21.1. The molecule has 0 spiro atoms. The summed E-state index contributed by atoms with van der Waals surface area (Å²) in [6, 6.07) is 19.0. The van der Waals surface area contributed by atoms with Gasteiger partial charge in [0.05, 0.1) is 0 Å². The third-order valence-electron chi connectivity index (χ3n) is 6.18. The number of likely N-dealkylation sites (tertiary alicyclic amines) is 2. The molecule has 4 rings (SSSR count). The molecule has 0 bridgehead atoms. The number of nitrogens with one attached hydrogen (secondary N) is 1. The molecule has 5 nitrogen and oxygen atoms in total. The molecular weight excluding hydrogens is 511 g/mol. The maximum absolute atomic E-state index is 12.0. The van der Waals surface area contributed by atoms with Crippen molar-refractivity contribution in [3.05, 3.63) is 76.9 Å². The molecule has 2 aliphatic heterocycles. The molecule has 0 unspecified atom stereocenters. The highest BCUT2D eigenvalue weighted by atomic mass is 127. The van der Waals surface area contributed by atoms with Crippen molar-refractivity contribution in [2.75, 3.05) is 26.7 Å². The molecule has 170 valence electrons. The Morgan fingerprint density at radius 3 is 2.31 bits per heavy atom. The van der Waals surface area contributed by atoms with Crippen LogP contribution in [0.4, 0.5) is 0 Å². The number of aliphatic imine (C=N–C) groups is 1. The van der Waals surface area contributed by atoms with E-state index in [4.69, 9.17) is 0 Å². The van der Waals surface area contributed by atoms with Crippen LogP contribution in [0.25, 0.3) is 6.08 Å². The monoisotopic (exact) mass is 544 g/mol. The summed E-state index contributed by atoms with van der Waals surface area (Å²) >= 11 is 0. The molecule has 2 aromatic carbocycles. The van der Waals surface area contributed by atoms with Gasteiger partial charge in [0.1, 0.15) is 0 Å². The third kappa shape index (κ3) is 6.34. The first kappa shape index (κ1) is 24.3. The Morgan fingerprint density at radius 1 is 0.969 bits per heavy atom. The fraction of sp³-hybridized carbons (Fsp3) is 0.385. The highest BCUT2D eigenvalue weighted by Gasteiger charge is 2.21. The molecule has 2 fully saturated rings. The predicted molar refractivity (Wildman–Crippen MR) is 142 cm³/mol. The molecular formula is C26H33IN4O. The minimum atomic E-state index is 0. The Labute approximate surface area is 208 Å². The number of halogens is 1. The first-order valence-corrected chi connectivity index (χ1v) is 11.3. The summed E-state index contributed by atoms with van der Waals surface area (Å²) in [5.74, 6) is 1.22. The van der Waals surface area contributed by atoms with Crippen LogP contribution in [0, 0.1) is 0 Å². The summed E-state index contributed by atoms with van der Waals surface area (Å²) in [6.45, 7) is 4.24. The average Bonchev–Trinajstić information content (AvgIpc) is 3.21. The van der Waals surface area contributed by atoms with Gasteiger partial charge in [-0.25, -0.2) is 0 Å². The molecule has 0 aromatic heterocycles. The van der Waals surface area contributed by atoms with Gasteiger partial charge in [-0.15, -0.1) is 24.0 Å². The van der Waals surface area contributed by atoms with E-state index in [1.165, 1.54) is 22.3 Å². The molecule has 6 heteroatoms. The van der Waals surface area contributed by atoms with Crippen molar-refractivity contribution in [2.45, 2.75) is 38.8 Å². The summed E-state index contributed by atoms with van der Waals surface area (Å²) in [7, 11) is 1.85. The van der Waals surface area contributed by atoms with Gasteiger partial charge < -0.3 is 15.1 Å².